The molecule has 0 aliphatic rings. The molecule has 5 nitrogen and oxygen atoms in total. The molecule has 0 saturated heterocycles. The Morgan fingerprint density at radius 1 is 1.22 bits per heavy atom. The lowest BCUT2D eigenvalue weighted by Crippen LogP contribution is -2.11. The first kappa shape index (κ1) is 11.9. The van der Waals surface area contributed by atoms with Crippen molar-refractivity contribution in [2.24, 2.45) is 0 Å². The third-order valence-corrected chi connectivity index (χ3v) is 2.58. The molecule has 0 bridgehead atoms. The van der Waals surface area contributed by atoms with E-state index in [4.69, 9.17) is 5.11 Å². The van der Waals surface area contributed by atoms with E-state index in [1.165, 1.54) is 6.20 Å². The summed E-state index contributed by atoms with van der Waals surface area (Å²) in [6.45, 7) is 1.73. The molecule has 5 heteroatoms. The number of aromatic amines is 1. The van der Waals surface area contributed by atoms with E-state index in [1.54, 1.807) is 31.2 Å². The number of rotatable bonds is 3. The Kier molecular flexibility index (Phi) is 3.14. The number of anilines is 1. The minimum atomic E-state index is -1.20. The maximum absolute atomic E-state index is 12.3. The van der Waals surface area contributed by atoms with E-state index < -0.39 is 6.09 Å². The summed E-state index contributed by atoms with van der Waals surface area (Å²) in [7, 11) is 0. The molecule has 2 rings (SSSR count). The molecule has 0 radical (unpaired) electrons. The predicted octanol–water partition coefficient (Wildman–Crippen LogP) is 2.64. The number of aryl methyl sites for hydroxylation is 1. The van der Waals surface area contributed by atoms with E-state index in [2.05, 4.69) is 10.3 Å². The van der Waals surface area contributed by atoms with Crippen molar-refractivity contribution in [1.29, 1.82) is 0 Å². The Bertz CT molecular complexity index is 588. The van der Waals surface area contributed by atoms with Crippen molar-refractivity contribution in [1.82, 2.24) is 4.98 Å². The van der Waals surface area contributed by atoms with Crippen LogP contribution in [0.4, 0.5) is 10.5 Å². The number of amides is 1. The molecule has 18 heavy (non-hydrogen) atoms. The van der Waals surface area contributed by atoms with Crippen LogP contribution in [0.15, 0.2) is 36.5 Å². The third kappa shape index (κ3) is 2.24. The van der Waals surface area contributed by atoms with Crippen LogP contribution in [0.5, 0.6) is 0 Å². The van der Waals surface area contributed by atoms with Gasteiger partial charge in [0.15, 0.2) is 5.78 Å². The summed E-state index contributed by atoms with van der Waals surface area (Å²) in [6, 6.07) is 8.73. The summed E-state index contributed by atoms with van der Waals surface area (Å²) >= 11 is 0. The van der Waals surface area contributed by atoms with Crippen molar-refractivity contribution < 1.29 is 14.7 Å². The number of carbonyl (C=O) groups is 2. The van der Waals surface area contributed by atoms with E-state index in [0.29, 0.717) is 16.8 Å². The summed E-state index contributed by atoms with van der Waals surface area (Å²) in [4.78, 5) is 25.8. The van der Waals surface area contributed by atoms with Gasteiger partial charge in [-0.3, -0.25) is 10.1 Å². The van der Waals surface area contributed by atoms with E-state index in [-0.39, 0.29) is 11.5 Å². The fourth-order valence-electron chi connectivity index (χ4n) is 1.77. The van der Waals surface area contributed by atoms with Crippen LogP contribution in [0, 0.1) is 6.92 Å². The second kappa shape index (κ2) is 4.75. The monoisotopic (exact) mass is 244 g/mol. The van der Waals surface area contributed by atoms with E-state index >= 15 is 0 Å². The molecule has 0 spiro atoms. The largest absolute Gasteiger partial charge is 0.465 e. The number of hydrogen-bond acceptors (Lipinski definition) is 2. The standard InChI is InChI=1S/C13H12N2O3/c1-8-11(10(7-14-8)15-13(17)18)12(16)9-5-3-2-4-6-9/h2-7,14-15H,1H3,(H,17,18). The van der Waals surface area contributed by atoms with Gasteiger partial charge in [0.05, 0.1) is 11.3 Å². The summed E-state index contributed by atoms with van der Waals surface area (Å²) < 4.78 is 0. The number of carboxylic acid groups (broad SMARTS) is 1. The first-order valence-corrected chi connectivity index (χ1v) is 5.37. The zero-order valence-corrected chi connectivity index (χ0v) is 9.73. The third-order valence-electron chi connectivity index (χ3n) is 2.58. The SMILES string of the molecule is Cc1[nH]cc(NC(=O)O)c1C(=O)c1ccccc1. The van der Waals surface area contributed by atoms with Crippen LogP contribution >= 0.6 is 0 Å². The van der Waals surface area contributed by atoms with Gasteiger partial charge in [-0.2, -0.15) is 0 Å². The van der Waals surface area contributed by atoms with Crippen LogP contribution in [0.2, 0.25) is 0 Å². The van der Waals surface area contributed by atoms with Gasteiger partial charge in [0.2, 0.25) is 0 Å². The maximum atomic E-state index is 12.3. The molecule has 0 unspecified atom stereocenters. The molecule has 3 N–H and O–H groups in total. The van der Waals surface area contributed by atoms with Gasteiger partial charge in [0, 0.05) is 17.5 Å². The number of H-pyrrole nitrogens is 1. The lowest BCUT2D eigenvalue weighted by Gasteiger charge is -2.04. The van der Waals surface area contributed by atoms with Gasteiger partial charge in [0.1, 0.15) is 0 Å². The second-order valence-electron chi connectivity index (χ2n) is 3.83. The summed E-state index contributed by atoms with van der Waals surface area (Å²) in [5, 5.41) is 10.9. The minimum Gasteiger partial charge on any atom is -0.465 e. The number of benzene rings is 1. The number of ketones is 1. The quantitative estimate of drug-likeness (QED) is 0.726. The molecular weight excluding hydrogens is 232 g/mol. The second-order valence-corrected chi connectivity index (χ2v) is 3.83. The zero-order chi connectivity index (χ0) is 13.1. The van der Waals surface area contributed by atoms with Crippen LogP contribution in [0.1, 0.15) is 21.6 Å². The van der Waals surface area contributed by atoms with Gasteiger partial charge < -0.3 is 10.1 Å². The topological polar surface area (TPSA) is 82.2 Å². The average molecular weight is 244 g/mol. The lowest BCUT2D eigenvalue weighted by molar-refractivity contribution is 0.103. The molecule has 1 aromatic carbocycles. The van der Waals surface area contributed by atoms with Crippen molar-refractivity contribution in [3.8, 4) is 0 Å². The van der Waals surface area contributed by atoms with Crippen molar-refractivity contribution >= 4 is 17.6 Å². The van der Waals surface area contributed by atoms with Crippen LogP contribution in [-0.4, -0.2) is 22.0 Å². The molecule has 92 valence electrons. The molecule has 2 aromatic rings. The highest BCUT2D eigenvalue weighted by Crippen LogP contribution is 2.22. The summed E-state index contributed by atoms with van der Waals surface area (Å²) in [6.07, 6.45) is 0.274. The summed E-state index contributed by atoms with van der Waals surface area (Å²) in [5.41, 5.74) is 1.78. The van der Waals surface area contributed by atoms with Crippen molar-refractivity contribution in [2.75, 3.05) is 5.32 Å². The van der Waals surface area contributed by atoms with Crippen LogP contribution in [0.25, 0.3) is 0 Å². The first-order valence-electron chi connectivity index (χ1n) is 5.37. The van der Waals surface area contributed by atoms with Crippen LogP contribution < -0.4 is 5.32 Å². The molecule has 0 saturated carbocycles. The Hall–Kier alpha value is -2.56. The highest BCUT2D eigenvalue weighted by Gasteiger charge is 2.18. The highest BCUT2D eigenvalue weighted by molar-refractivity contribution is 6.14. The average Bonchev–Trinajstić information content (AvgIpc) is 2.70. The Morgan fingerprint density at radius 2 is 1.89 bits per heavy atom. The molecule has 1 aromatic heterocycles. The summed E-state index contributed by atoms with van der Waals surface area (Å²) in [5.74, 6) is -0.210. The smallest absolute Gasteiger partial charge is 0.409 e. The Labute approximate surface area is 103 Å². The number of carbonyl (C=O) groups excluding carboxylic acids is 1. The van der Waals surface area contributed by atoms with Crippen LogP contribution in [0.3, 0.4) is 0 Å². The van der Waals surface area contributed by atoms with E-state index in [0.717, 1.165) is 0 Å². The Morgan fingerprint density at radius 3 is 2.50 bits per heavy atom. The highest BCUT2D eigenvalue weighted by atomic mass is 16.4. The molecule has 1 heterocycles. The van der Waals surface area contributed by atoms with Crippen molar-refractivity contribution in [3.05, 3.63) is 53.3 Å². The fraction of sp³-hybridized carbons (Fsp3) is 0.0769. The van der Waals surface area contributed by atoms with Gasteiger partial charge in [-0.15, -0.1) is 0 Å². The predicted molar refractivity (Wildman–Crippen MR) is 67.1 cm³/mol. The van der Waals surface area contributed by atoms with Gasteiger partial charge in [-0.1, -0.05) is 30.3 Å². The molecule has 0 fully saturated rings. The number of aromatic nitrogens is 1. The van der Waals surface area contributed by atoms with Crippen LogP contribution in [-0.2, 0) is 0 Å². The minimum absolute atomic E-state index is 0.210. The van der Waals surface area contributed by atoms with E-state index in [1.807, 2.05) is 6.07 Å². The zero-order valence-electron chi connectivity index (χ0n) is 9.73. The molecule has 0 aliphatic carbocycles. The normalized spacial score (nSPS) is 10.1. The molecule has 1 amide bonds. The fourth-order valence-corrected chi connectivity index (χ4v) is 1.77. The number of nitrogens with one attached hydrogen (secondary N) is 2. The van der Waals surface area contributed by atoms with Crippen molar-refractivity contribution in [3.63, 3.8) is 0 Å². The van der Waals surface area contributed by atoms with Gasteiger partial charge in [-0.25, -0.2) is 4.79 Å². The maximum Gasteiger partial charge on any atom is 0.409 e. The lowest BCUT2D eigenvalue weighted by atomic mass is 10.0. The van der Waals surface area contributed by atoms with Gasteiger partial charge in [-0.05, 0) is 6.92 Å². The first-order chi connectivity index (χ1) is 8.59. The molecule has 0 atom stereocenters. The molecular formula is C13H12N2O3. The Balaban J connectivity index is 2.41. The van der Waals surface area contributed by atoms with Gasteiger partial charge >= 0.3 is 6.09 Å². The van der Waals surface area contributed by atoms with Gasteiger partial charge in [0.25, 0.3) is 0 Å². The van der Waals surface area contributed by atoms with Crippen molar-refractivity contribution in [2.45, 2.75) is 6.92 Å². The number of hydrogen-bond donors (Lipinski definition) is 3. The van der Waals surface area contributed by atoms with E-state index in [9.17, 15) is 9.59 Å². The molecule has 0 aliphatic heterocycles.